The molecule has 0 radical (unpaired) electrons. The Hall–Kier alpha value is -1.89. The summed E-state index contributed by atoms with van der Waals surface area (Å²) in [5.41, 5.74) is 6.09. The van der Waals surface area contributed by atoms with E-state index in [1.165, 1.54) is 22.3 Å². The van der Waals surface area contributed by atoms with E-state index in [4.69, 9.17) is 0 Å². The second-order valence-corrected chi connectivity index (χ2v) is 5.32. The fourth-order valence-corrected chi connectivity index (χ4v) is 2.78. The topological polar surface area (TPSA) is 17.1 Å². The predicted octanol–water partition coefficient (Wildman–Crippen LogP) is 3.77. The fourth-order valence-electron chi connectivity index (χ4n) is 2.78. The summed E-state index contributed by atoms with van der Waals surface area (Å²) in [4.78, 5) is 11.2. The molecule has 0 heterocycles. The Morgan fingerprint density at radius 3 is 2.11 bits per heavy atom. The third-order valence-corrected chi connectivity index (χ3v) is 3.97. The minimum Gasteiger partial charge on any atom is -0.298 e. The second-order valence-electron chi connectivity index (χ2n) is 5.32. The lowest BCUT2D eigenvalue weighted by Crippen LogP contribution is -1.97. The van der Waals surface area contributed by atoms with Crippen LogP contribution >= 0.6 is 0 Å². The Kier molecular flexibility index (Phi) is 3.45. The van der Waals surface area contributed by atoms with Gasteiger partial charge in [-0.3, -0.25) is 4.79 Å². The molecule has 96 valence electrons. The van der Waals surface area contributed by atoms with Gasteiger partial charge in [0, 0.05) is 5.56 Å². The molecule has 0 aromatic heterocycles. The lowest BCUT2D eigenvalue weighted by Gasteiger charge is -2.07. The van der Waals surface area contributed by atoms with Gasteiger partial charge in [-0.1, -0.05) is 36.4 Å². The largest absolute Gasteiger partial charge is 0.298 e. The summed E-state index contributed by atoms with van der Waals surface area (Å²) in [6.45, 7) is 0. The van der Waals surface area contributed by atoms with Gasteiger partial charge < -0.3 is 0 Å². The second kappa shape index (κ2) is 5.40. The van der Waals surface area contributed by atoms with E-state index in [9.17, 15) is 4.79 Å². The van der Waals surface area contributed by atoms with Crippen LogP contribution in [0.2, 0.25) is 0 Å². The summed E-state index contributed by atoms with van der Waals surface area (Å²) in [7, 11) is 0. The average molecular weight is 250 g/mol. The summed E-state index contributed by atoms with van der Waals surface area (Å²) in [6.07, 6.45) is 6.21. The highest BCUT2D eigenvalue weighted by Gasteiger charge is 2.06. The number of carbonyl (C=O) groups excluding carboxylic acids is 1. The van der Waals surface area contributed by atoms with Crippen molar-refractivity contribution in [1.82, 2.24) is 0 Å². The van der Waals surface area contributed by atoms with Crippen LogP contribution in [0.1, 0.15) is 39.0 Å². The molecule has 0 amide bonds. The Labute approximate surface area is 114 Å². The molecule has 1 nitrogen and oxygen atoms in total. The highest BCUT2D eigenvalue weighted by atomic mass is 16.1. The van der Waals surface area contributed by atoms with E-state index in [1.807, 2.05) is 0 Å². The van der Waals surface area contributed by atoms with Crippen LogP contribution in [0, 0.1) is 0 Å². The summed E-state index contributed by atoms with van der Waals surface area (Å²) < 4.78 is 0. The molecule has 19 heavy (non-hydrogen) atoms. The highest BCUT2D eigenvalue weighted by Crippen LogP contribution is 2.18. The fraction of sp³-hybridized carbons (Fsp3) is 0.278. The van der Waals surface area contributed by atoms with Gasteiger partial charge in [0.2, 0.25) is 0 Å². The van der Waals surface area contributed by atoms with Crippen molar-refractivity contribution in [2.24, 2.45) is 0 Å². The van der Waals surface area contributed by atoms with Crippen LogP contribution in [0.15, 0.2) is 42.5 Å². The van der Waals surface area contributed by atoms with Crippen molar-refractivity contribution < 1.29 is 4.79 Å². The summed E-state index contributed by atoms with van der Waals surface area (Å²) in [5.74, 6) is 0. The first-order chi connectivity index (χ1) is 9.35. The van der Waals surface area contributed by atoms with E-state index < -0.39 is 0 Å². The van der Waals surface area contributed by atoms with Crippen molar-refractivity contribution in [1.29, 1.82) is 0 Å². The van der Waals surface area contributed by atoms with E-state index in [1.54, 1.807) is 0 Å². The van der Waals surface area contributed by atoms with Crippen molar-refractivity contribution in [2.45, 2.75) is 32.1 Å². The van der Waals surface area contributed by atoms with Gasteiger partial charge in [0.25, 0.3) is 0 Å². The van der Waals surface area contributed by atoms with Gasteiger partial charge in [-0.25, -0.2) is 0 Å². The number of benzene rings is 2. The van der Waals surface area contributed by atoms with E-state index in [0.717, 1.165) is 44.0 Å². The van der Waals surface area contributed by atoms with Gasteiger partial charge >= 0.3 is 0 Å². The molecule has 6 rings (SSSR count). The molecule has 0 unspecified atom stereocenters. The van der Waals surface area contributed by atoms with Crippen molar-refractivity contribution in [2.75, 3.05) is 0 Å². The molecule has 2 aromatic rings. The van der Waals surface area contributed by atoms with Crippen molar-refractivity contribution in [3.63, 3.8) is 0 Å². The van der Waals surface area contributed by atoms with Crippen LogP contribution in [0.3, 0.4) is 0 Å². The first-order valence-corrected chi connectivity index (χ1v) is 7.00. The van der Waals surface area contributed by atoms with Gasteiger partial charge in [0.15, 0.2) is 0 Å². The molecule has 4 bridgehead atoms. The van der Waals surface area contributed by atoms with Crippen molar-refractivity contribution in [3.8, 4) is 0 Å². The first-order valence-electron chi connectivity index (χ1n) is 7.00. The predicted molar refractivity (Wildman–Crippen MR) is 77.7 cm³/mol. The van der Waals surface area contributed by atoms with Gasteiger partial charge in [0.1, 0.15) is 6.29 Å². The highest BCUT2D eigenvalue weighted by molar-refractivity contribution is 5.77. The first kappa shape index (κ1) is 12.2. The van der Waals surface area contributed by atoms with Crippen LogP contribution in [0.5, 0.6) is 0 Å². The number of carbonyl (C=O) groups is 1. The number of aryl methyl sites for hydroxylation is 4. The Morgan fingerprint density at radius 1 is 0.737 bits per heavy atom. The van der Waals surface area contributed by atoms with Gasteiger partial charge in [-0.2, -0.15) is 0 Å². The van der Waals surface area contributed by atoms with E-state index >= 15 is 0 Å². The minimum atomic E-state index is 0.875. The van der Waals surface area contributed by atoms with Crippen LogP contribution in [0.25, 0.3) is 0 Å². The number of aldehydes is 1. The van der Waals surface area contributed by atoms with E-state index in [0.29, 0.717) is 0 Å². The van der Waals surface area contributed by atoms with Gasteiger partial charge in [0.05, 0.1) is 0 Å². The molecule has 2 aromatic carbocycles. The Balaban J connectivity index is 1.96. The molecule has 0 aliphatic heterocycles. The molecule has 0 saturated heterocycles. The number of hydrogen-bond acceptors (Lipinski definition) is 1. The maximum absolute atomic E-state index is 11.2. The molecule has 0 saturated carbocycles. The summed E-state index contributed by atoms with van der Waals surface area (Å²) >= 11 is 0. The third kappa shape index (κ3) is 2.76. The van der Waals surface area contributed by atoms with Crippen molar-refractivity contribution in [3.05, 3.63) is 70.3 Å². The molecule has 0 N–H and O–H groups in total. The normalized spacial score (nSPS) is 14.5. The van der Waals surface area contributed by atoms with Crippen molar-refractivity contribution >= 4 is 6.29 Å². The molecule has 1 heteroatoms. The van der Waals surface area contributed by atoms with Crippen LogP contribution < -0.4 is 0 Å². The molecule has 0 spiro atoms. The molecular formula is C18H18O. The standard InChI is InChI=1S/C18H18O/c19-13-18-12-16-9-8-15-6-4-14(5-7-15)2-1-3-17(18)11-10-16/h4-7,10-13H,1-3,8-9H2. The Bertz CT molecular complexity index is 581. The zero-order chi connectivity index (χ0) is 13.1. The molecule has 0 atom stereocenters. The smallest absolute Gasteiger partial charge is 0.150 e. The average Bonchev–Trinajstić information content (AvgIpc) is 2.50. The van der Waals surface area contributed by atoms with E-state index in [2.05, 4.69) is 42.5 Å². The zero-order valence-corrected chi connectivity index (χ0v) is 11.1. The quantitative estimate of drug-likeness (QED) is 0.704. The maximum atomic E-state index is 11.2. The molecule has 0 fully saturated rings. The lowest BCUT2D eigenvalue weighted by atomic mass is 9.98. The van der Waals surface area contributed by atoms with Crippen LogP contribution in [-0.2, 0) is 25.7 Å². The monoisotopic (exact) mass is 250 g/mol. The zero-order valence-electron chi connectivity index (χ0n) is 11.1. The SMILES string of the molecule is O=Cc1cc2ccc1CCCc1ccc(cc1)CC2. The Morgan fingerprint density at radius 2 is 1.37 bits per heavy atom. The molecule has 4 aliphatic rings. The molecular weight excluding hydrogens is 232 g/mol. The third-order valence-electron chi connectivity index (χ3n) is 3.97. The number of hydrogen-bond donors (Lipinski definition) is 0. The van der Waals surface area contributed by atoms with Crippen LogP contribution in [-0.4, -0.2) is 6.29 Å². The maximum Gasteiger partial charge on any atom is 0.150 e. The summed E-state index contributed by atoms with van der Waals surface area (Å²) in [6, 6.07) is 15.3. The minimum absolute atomic E-state index is 0.875. The van der Waals surface area contributed by atoms with Gasteiger partial charge in [-0.05, 0) is 60.4 Å². The summed E-state index contributed by atoms with van der Waals surface area (Å²) in [5, 5.41) is 0. The number of rotatable bonds is 1. The molecule has 4 aliphatic carbocycles. The van der Waals surface area contributed by atoms with E-state index in [-0.39, 0.29) is 0 Å². The van der Waals surface area contributed by atoms with Gasteiger partial charge in [-0.15, -0.1) is 0 Å². The lowest BCUT2D eigenvalue weighted by molar-refractivity contribution is 0.112. The van der Waals surface area contributed by atoms with Crippen LogP contribution in [0.4, 0.5) is 0 Å².